The van der Waals surface area contributed by atoms with Crippen LogP contribution in [-0.2, 0) is 30.3 Å². The van der Waals surface area contributed by atoms with Crippen molar-refractivity contribution < 1.29 is 56.3 Å². The molecule has 0 bridgehead atoms. The molecule has 0 saturated heterocycles. The van der Waals surface area contributed by atoms with Crippen LogP contribution in [0.4, 0.5) is 26.3 Å². The summed E-state index contributed by atoms with van der Waals surface area (Å²) in [5.74, 6) is 0.200. The summed E-state index contributed by atoms with van der Waals surface area (Å²) >= 11 is 1.58. The molecule has 0 atom stereocenters. The summed E-state index contributed by atoms with van der Waals surface area (Å²) in [4.78, 5) is 21.4. The molecule has 0 aliphatic heterocycles. The van der Waals surface area contributed by atoms with E-state index >= 15 is 0 Å². The van der Waals surface area contributed by atoms with Crippen LogP contribution in [-0.4, -0.2) is 33.2 Å². The number of ketones is 1. The number of carbonyl (C=O) groups is 1. The number of hydrogen-bond acceptors (Lipinski definition) is 5. The Morgan fingerprint density at radius 2 is 1.34 bits per heavy atom. The molecule has 1 N–H and O–H groups in total. The minimum Gasteiger partial charge on any atom is -0.512 e. The SMILES string of the molecule is CC(C)(C)c1cc(-c2nccc3nc(-c4ccc(-c5ccc(C6CCC(C(F)(F)F)(C(F)(F)F)CC6)cc5)cc4)sc23)[c-]c2ccccc12.CCC(CC)C(=O)/C=C(\O)C(CC)CC.[Ir]. The minimum absolute atomic E-state index is 0. The van der Waals surface area contributed by atoms with Gasteiger partial charge in [-0.1, -0.05) is 126 Å². The van der Waals surface area contributed by atoms with Gasteiger partial charge < -0.3 is 5.11 Å². The summed E-state index contributed by atoms with van der Waals surface area (Å²) in [6, 6.07) is 31.4. The first-order valence-corrected chi connectivity index (χ1v) is 23.1. The van der Waals surface area contributed by atoms with E-state index in [-0.39, 0.29) is 67.7 Å². The normalized spacial score (nSPS) is 15.0. The van der Waals surface area contributed by atoms with Crippen molar-refractivity contribution in [1.29, 1.82) is 0 Å². The Labute approximate surface area is 396 Å². The van der Waals surface area contributed by atoms with Gasteiger partial charge in [0.05, 0.1) is 11.3 Å². The fraction of sp³-hybridized carbons (Fsp3) is 0.415. The van der Waals surface area contributed by atoms with E-state index in [1.165, 1.54) is 17.0 Å². The molecule has 0 amide bonds. The third-order valence-corrected chi connectivity index (χ3v) is 14.1. The maximum Gasteiger partial charge on any atom is 0.403 e. The molecule has 1 aliphatic carbocycles. The Balaban J connectivity index is 0.000000428. The van der Waals surface area contributed by atoms with E-state index in [2.05, 4.69) is 45.0 Å². The number of aliphatic hydroxyl groups excluding tert-OH is 1. The van der Waals surface area contributed by atoms with Crippen LogP contribution < -0.4 is 0 Å². The number of pyridine rings is 1. The van der Waals surface area contributed by atoms with E-state index in [1.807, 2.05) is 94.4 Å². The van der Waals surface area contributed by atoms with Crippen molar-refractivity contribution in [2.45, 2.75) is 124 Å². The van der Waals surface area contributed by atoms with Crippen LogP contribution in [0.25, 0.3) is 53.9 Å². The van der Waals surface area contributed by atoms with E-state index in [0.29, 0.717) is 0 Å². The summed E-state index contributed by atoms with van der Waals surface area (Å²) in [7, 11) is 0. The maximum atomic E-state index is 13.5. The van der Waals surface area contributed by atoms with Crippen molar-refractivity contribution in [3.8, 4) is 33.0 Å². The second-order valence-electron chi connectivity index (χ2n) is 18.0. The standard InChI is InChI=1S/C40H33F6N2S.C13H24O2.Ir/c1-37(2,3)32-23-30(22-29-6-4-5-7-31(29)32)34-35-33(18-21-47-34)48-36(49-35)28-14-12-25(13-15-28)24-8-10-26(11-9-24)27-16-19-38(20-17-27,39(41,42)43)40(44,45)46;1-5-10(6-2)12(14)9-13(15)11(7-3)8-4;/h4-15,18,21,23,27H,16-17,19-20H2,1-3H3;9-11,14H,5-8H2,1-4H3;/q-1;;/b;12-9-;. The largest absolute Gasteiger partial charge is 0.512 e. The molecule has 349 valence electrons. The van der Waals surface area contributed by atoms with Gasteiger partial charge in [0.15, 0.2) is 11.2 Å². The molecule has 2 aromatic heterocycles. The van der Waals surface area contributed by atoms with Gasteiger partial charge >= 0.3 is 12.4 Å². The van der Waals surface area contributed by atoms with Gasteiger partial charge in [-0.2, -0.15) is 26.3 Å². The number of benzene rings is 4. The Hall–Kier alpha value is -4.38. The summed E-state index contributed by atoms with van der Waals surface area (Å²) in [5.41, 5.74) is 3.71. The van der Waals surface area contributed by atoms with Crippen molar-refractivity contribution in [1.82, 2.24) is 9.97 Å². The first kappa shape index (κ1) is 51.6. The molecule has 12 heteroatoms. The van der Waals surface area contributed by atoms with E-state index < -0.39 is 30.6 Å². The molecule has 1 aliphatic rings. The maximum absolute atomic E-state index is 13.5. The number of rotatable bonds is 11. The molecule has 1 radical (unpaired) electrons. The summed E-state index contributed by atoms with van der Waals surface area (Å²) in [6.07, 6.45) is -6.17. The van der Waals surface area contributed by atoms with Crippen LogP contribution in [0.15, 0.2) is 103 Å². The molecule has 4 aromatic carbocycles. The number of thiazole rings is 1. The smallest absolute Gasteiger partial charge is 0.403 e. The van der Waals surface area contributed by atoms with E-state index in [1.54, 1.807) is 17.5 Å². The number of aromatic nitrogens is 2. The average Bonchev–Trinajstić information content (AvgIpc) is 3.71. The first-order valence-electron chi connectivity index (χ1n) is 22.2. The minimum atomic E-state index is -5.32. The number of nitrogens with zero attached hydrogens (tertiary/aromatic N) is 2. The van der Waals surface area contributed by atoms with E-state index in [0.717, 1.165) is 79.8 Å². The van der Waals surface area contributed by atoms with Crippen LogP contribution in [0.2, 0.25) is 0 Å². The zero-order valence-corrected chi connectivity index (χ0v) is 41.1. The molecule has 1 saturated carbocycles. The molecule has 2 heterocycles. The van der Waals surface area contributed by atoms with Crippen LogP contribution in [0, 0.1) is 23.3 Å². The van der Waals surface area contributed by atoms with Crippen molar-refractivity contribution in [3.05, 3.63) is 120 Å². The van der Waals surface area contributed by atoms with Crippen LogP contribution >= 0.6 is 11.3 Å². The predicted molar refractivity (Wildman–Crippen MR) is 248 cm³/mol. The van der Waals surface area contributed by atoms with Gasteiger partial charge in [-0.25, -0.2) is 4.98 Å². The van der Waals surface area contributed by atoms with Gasteiger partial charge in [-0.05, 0) is 85.5 Å². The molecule has 1 fully saturated rings. The Kier molecular flexibility index (Phi) is 16.7. The number of hydrogen-bond donors (Lipinski definition) is 1. The van der Waals surface area contributed by atoms with Crippen molar-refractivity contribution in [2.24, 2.45) is 17.3 Å². The van der Waals surface area contributed by atoms with Gasteiger partial charge in [0.2, 0.25) is 0 Å². The molecule has 4 nitrogen and oxygen atoms in total. The zero-order valence-electron chi connectivity index (χ0n) is 37.9. The summed E-state index contributed by atoms with van der Waals surface area (Å²) < 4.78 is 82.0. The van der Waals surface area contributed by atoms with E-state index in [4.69, 9.17) is 9.97 Å². The van der Waals surface area contributed by atoms with Crippen molar-refractivity contribution >= 4 is 38.1 Å². The quantitative estimate of drug-likeness (QED) is 0.0608. The van der Waals surface area contributed by atoms with Crippen LogP contribution in [0.5, 0.6) is 0 Å². The number of allylic oxidation sites excluding steroid dienone is 2. The Morgan fingerprint density at radius 3 is 1.88 bits per heavy atom. The number of aliphatic hydroxyl groups is 1. The van der Waals surface area contributed by atoms with Gasteiger partial charge in [-0.15, -0.1) is 40.5 Å². The van der Waals surface area contributed by atoms with Gasteiger partial charge in [-0.3, -0.25) is 9.78 Å². The number of carbonyl (C=O) groups excluding carboxylic acids is 1. The van der Waals surface area contributed by atoms with Gasteiger partial charge in [0.25, 0.3) is 0 Å². The average molecular weight is 1090 g/mol. The fourth-order valence-corrected chi connectivity index (χ4v) is 9.92. The van der Waals surface area contributed by atoms with Crippen LogP contribution in [0.3, 0.4) is 0 Å². The molecule has 0 spiro atoms. The molecule has 7 rings (SSSR count). The second kappa shape index (κ2) is 21.1. The summed E-state index contributed by atoms with van der Waals surface area (Å²) in [6.45, 7) is 14.7. The molecule has 6 aromatic rings. The van der Waals surface area contributed by atoms with Crippen molar-refractivity contribution in [2.75, 3.05) is 0 Å². The third-order valence-electron chi connectivity index (χ3n) is 13.0. The zero-order chi connectivity index (χ0) is 46.6. The van der Waals surface area contributed by atoms with Crippen LogP contribution in [0.1, 0.15) is 117 Å². The fourth-order valence-electron chi connectivity index (χ4n) is 8.85. The Morgan fingerprint density at radius 1 is 0.800 bits per heavy atom. The number of fused-ring (bicyclic) bond motifs is 2. The molecular weight excluding hydrogens is 1030 g/mol. The monoisotopic (exact) mass is 1090 g/mol. The Bertz CT molecular complexity index is 2540. The number of halogens is 6. The van der Waals surface area contributed by atoms with Gasteiger partial charge in [0.1, 0.15) is 5.01 Å². The molecule has 65 heavy (non-hydrogen) atoms. The van der Waals surface area contributed by atoms with Crippen molar-refractivity contribution in [3.63, 3.8) is 0 Å². The molecule has 0 unspecified atom stereocenters. The topological polar surface area (TPSA) is 63.1 Å². The predicted octanol–water partition coefficient (Wildman–Crippen LogP) is 16.6. The van der Waals surface area contributed by atoms with Gasteiger partial charge in [0, 0.05) is 60.2 Å². The van der Waals surface area contributed by atoms with E-state index in [9.17, 15) is 36.2 Å². The second-order valence-corrected chi connectivity index (χ2v) is 19.0. The molecular formula is C53H57F6IrN2O2S-. The number of alkyl halides is 6. The first-order chi connectivity index (χ1) is 30.2. The third kappa shape index (κ3) is 11.3. The summed E-state index contributed by atoms with van der Waals surface area (Å²) in [5, 5.41) is 12.8.